The molecule has 1 N–H and O–H groups in total. The first-order chi connectivity index (χ1) is 11.0. The van der Waals surface area contributed by atoms with Crippen LogP contribution in [0.15, 0.2) is 48.8 Å². The number of H-pyrrole nitrogens is 1. The number of fused-ring (bicyclic) bond motifs is 3. The normalized spacial score (nSPS) is 11.8. The van der Waals surface area contributed by atoms with Gasteiger partial charge in [0.1, 0.15) is 0 Å². The van der Waals surface area contributed by atoms with Crippen molar-refractivity contribution in [2.24, 2.45) is 0 Å². The van der Waals surface area contributed by atoms with Crippen molar-refractivity contribution in [3.63, 3.8) is 0 Å². The monoisotopic (exact) mass is 309 g/mol. The molecule has 0 spiro atoms. The van der Waals surface area contributed by atoms with Gasteiger partial charge in [0.2, 0.25) is 12.4 Å². The number of aromatic amines is 1. The molecule has 0 bridgehead atoms. The van der Waals surface area contributed by atoms with Gasteiger partial charge in [-0.25, -0.2) is 0 Å². The predicted molar refractivity (Wildman–Crippen MR) is 87.9 cm³/mol. The van der Waals surface area contributed by atoms with Gasteiger partial charge in [0.25, 0.3) is 0 Å². The highest BCUT2D eigenvalue weighted by Gasteiger charge is 2.05. The van der Waals surface area contributed by atoms with E-state index in [1.54, 1.807) is 12.1 Å². The first-order valence-corrected chi connectivity index (χ1v) is 6.72. The molecule has 0 unspecified atom stereocenters. The van der Waals surface area contributed by atoms with Gasteiger partial charge in [-0.15, -0.1) is 0 Å². The van der Waals surface area contributed by atoms with Gasteiger partial charge in [-0.05, 0) is 35.4 Å². The van der Waals surface area contributed by atoms with E-state index in [1.165, 1.54) is 12.2 Å². The molecule has 114 valence electrons. The van der Waals surface area contributed by atoms with Crippen LogP contribution in [0.5, 0.6) is 0 Å². The fourth-order valence-electron chi connectivity index (χ4n) is 2.43. The first-order valence-electron chi connectivity index (χ1n) is 6.72. The molecule has 0 radical (unpaired) electrons. The molecule has 2 aromatic carbocycles. The first kappa shape index (κ1) is 14.5. The van der Waals surface area contributed by atoms with E-state index in [0.717, 1.165) is 34.2 Å². The molecule has 0 fully saturated rings. The van der Waals surface area contributed by atoms with Crippen LogP contribution in [0.25, 0.3) is 34.0 Å². The van der Waals surface area contributed by atoms with Gasteiger partial charge in [0.15, 0.2) is 0 Å². The third-order valence-corrected chi connectivity index (χ3v) is 3.42. The molecule has 23 heavy (non-hydrogen) atoms. The van der Waals surface area contributed by atoms with Crippen LogP contribution in [-0.2, 0) is 0 Å². The average molecular weight is 309 g/mol. The summed E-state index contributed by atoms with van der Waals surface area (Å²) in [6.07, 6.45) is 4.63. The van der Waals surface area contributed by atoms with E-state index < -0.39 is 9.85 Å². The lowest BCUT2D eigenvalue weighted by molar-refractivity contribution is -0.401. The van der Waals surface area contributed by atoms with E-state index in [9.17, 15) is 20.2 Å². The zero-order valence-electron chi connectivity index (χ0n) is 11.8. The summed E-state index contributed by atoms with van der Waals surface area (Å²) in [6.45, 7) is 0. The number of nitro groups is 2. The Hall–Kier alpha value is -3.48. The highest BCUT2D eigenvalue weighted by atomic mass is 16.6. The molecule has 7 nitrogen and oxygen atoms in total. The lowest BCUT2D eigenvalue weighted by Gasteiger charge is -1.96. The maximum absolute atomic E-state index is 10.4. The molecule has 0 aliphatic carbocycles. The fourth-order valence-corrected chi connectivity index (χ4v) is 2.43. The van der Waals surface area contributed by atoms with Crippen molar-refractivity contribution >= 4 is 34.0 Å². The van der Waals surface area contributed by atoms with Crippen molar-refractivity contribution in [1.29, 1.82) is 0 Å². The number of aromatic nitrogens is 1. The quantitative estimate of drug-likeness (QED) is 0.584. The van der Waals surface area contributed by atoms with Gasteiger partial charge < -0.3 is 4.98 Å². The topological polar surface area (TPSA) is 102 Å². The van der Waals surface area contributed by atoms with Gasteiger partial charge in [0.05, 0.1) is 9.85 Å². The SMILES string of the molecule is O=[N+]([O-])C=Cc1ccc2[nH]c3ccc(C=C[N+](=O)[O-])cc3c2c1. The average Bonchev–Trinajstić information content (AvgIpc) is 2.88. The zero-order chi connectivity index (χ0) is 16.4. The second kappa shape index (κ2) is 5.72. The molecule has 0 saturated carbocycles. The van der Waals surface area contributed by atoms with Crippen LogP contribution in [0.2, 0.25) is 0 Å². The molecule has 0 aliphatic rings. The van der Waals surface area contributed by atoms with Gasteiger partial charge in [0, 0.05) is 34.0 Å². The summed E-state index contributed by atoms with van der Waals surface area (Å²) in [6, 6.07) is 10.9. The minimum Gasteiger partial charge on any atom is -0.355 e. The summed E-state index contributed by atoms with van der Waals surface area (Å²) >= 11 is 0. The number of hydrogen-bond donors (Lipinski definition) is 1. The lowest BCUT2D eigenvalue weighted by atomic mass is 10.1. The lowest BCUT2D eigenvalue weighted by Crippen LogP contribution is -1.82. The van der Waals surface area contributed by atoms with Crippen LogP contribution in [0.1, 0.15) is 11.1 Å². The Morgan fingerprint density at radius 2 is 1.22 bits per heavy atom. The molecule has 0 saturated heterocycles. The molecule has 3 rings (SSSR count). The summed E-state index contributed by atoms with van der Waals surface area (Å²) in [4.78, 5) is 23.1. The van der Waals surface area contributed by atoms with Crippen molar-refractivity contribution < 1.29 is 9.85 Å². The molecule has 7 heteroatoms. The molecule has 0 atom stereocenters. The molecular weight excluding hydrogens is 298 g/mol. The largest absolute Gasteiger partial charge is 0.355 e. The highest BCUT2D eigenvalue weighted by molar-refractivity contribution is 6.08. The standard InChI is InChI=1S/C16H11N3O4/c20-18(21)7-5-11-1-3-15-13(9-11)14-10-12(6-8-19(22)23)2-4-16(14)17-15/h1-10,17H. The summed E-state index contributed by atoms with van der Waals surface area (Å²) in [5.74, 6) is 0. The number of benzene rings is 2. The third kappa shape index (κ3) is 3.08. The maximum Gasteiger partial charge on any atom is 0.235 e. The summed E-state index contributed by atoms with van der Waals surface area (Å²) in [7, 11) is 0. The molecule has 3 aromatic rings. The number of hydrogen-bond acceptors (Lipinski definition) is 4. The van der Waals surface area contributed by atoms with Crippen LogP contribution in [0.3, 0.4) is 0 Å². The Morgan fingerprint density at radius 1 is 0.783 bits per heavy atom. The second-order valence-electron chi connectivity index (χ2n) is 4.94. The third-order valence-electron chi connectivity index (χ3n) is 3.42. The highest BCUT2D eigenvalue weighted by Crippen LogP contribution is 2.28. The number of rotatable bonds is 4. The van der Waals surface area contributed by atoms with E-state index in [2.05, 4.69) is 4.98 Å². The Bertz CT molecular complexity index is 907. The molecular formula is C16H11N3O4. The maximum atomic E-state index is 10.4. The molecule has 1 aromatic heterocycles. The van der Waals surface area contributed by atoms with E-state index in [4.69, 9.17) is 0 Å². The van der Waals surface area contributed by atoms with Crippen molar-refractivity contribution in [1.82, 2.24) is 4.98 Å². The van der Waals surface area contributed by atoms with E-state index in [0.29, 0.717) is 11.1 Å². The van der Waals surface area contributed by atoms with Crippen LogP contribution < -0.4 is 0 Å². The Labute approximate surface area is 129 Å². The van der Waals surface area contributed by atoms with E-state index in [1.807, 2.05) is 24.3 Å². The Kier molecular flexibility index (Phi) is 3.60. The van der Waals surface area contributed by atoms with E-state index in [-0.39, 0.29) is 0 Å². The number of nitrogens with zero attached hydrogens (tertiary/aromatic N) is 2. The summed E-state index contributed by atoms with van der Waals surface area (Å²) in [5.41, 5.74) is 3.21. The van der Waals surface area contributed by atoms with E-state index >= 15 is 0 Å². The Morgan fingerprint density at radius 3 is 1.61 bits per heavy atom. The summed E-state index contributed by atoms with van der Waals surface area (Å²) in [5, 5.41) is 22.6. The Balaban J connectivity index is 2.12. The molecule has 0 amide bonds. The van der Waals surface area contributed by atoms with Crippen molar-refractivity contribution in [2.45, 2.75) is 0 Å². The smallest absolute Gasteiger partial charge is 0.235 e. The molecule has 0 aliphatic heterocycles. The van der Waals surface area contributed by atoms with Crippen LogP contribution in [0.4, 0.5) is 0 Å². The van der Waals surface area contributed by atoms with Crippen molar-refractivity contribution in [2.75, 3.05) is 0 Å². The predicted octanol–water partition coefficient (Wildman–Crippen LogP) is 3.82. The summed E-state index contributed by atoms with van der Waals surface area (Å²) < 4.78 is 0. The van der Waals surface area contributed by atoms with Gasteiger partial charge >= 0.3 is 0 Å². The minimum atomic E-state index is -0.514. The van der Waals surface area contributed by atoms with Gasteiger partial charge in [-0.3, -0.25) is 20.2 Å². The van der Waals surface area contributed by atoms with Crippen molar-refractivity contribution in [3.05, 3.63) is 80.2 Å². The zero-order valence-corrected chi connectivity index (χ0v) is 11.8. The second-order valence-corrected chi connectivity index (χ2v) is 4.94. The number of nitrogens with one attached hydrogen (secondary N) is 1. The van der Waals surface area contributed by atoms with Crippen LogP contribution in [0, 0.1) is 20.2 Å². The van der Waals surface area contributed by atoms with Crippen LogP contribution in [-0.4, -0.2) is 14.8 Å². The van der Waals surface area contributed by atoms with Crippen molar-refractivity contribution in [3.8, 4) is 0 Å². The van der Waals surface area contributed by atoms with Crippen LogP contribution >= 0.6 is 0 Å². The molecule has 1 heterocycles. The fraction of sp³-hybridized carbons (Fsp3) is 0. The minimum absolute atomic E-state index is 0.514. The van der Waals surface area contributed by atoms with Gasteiger partial charge in [-0.1, -0.05) is 12.1 Å². The van der Waals surface area contributed by atoms with Gasteiger partial charge in [-0.2, -0.15) is 0 Å².